The fraction of sp³-hybridized carbons (Fsp3) is 0. The van der Waals surface area contributed by atoms with Gasteiger partial charge in [-0.1, -0.05) is 0 Å². The van der Waals surface area contributed by atoms with Crippen molar-refractivity contribution >= 4 is 11.1 Å². The average Bonchev–Trinajstić information content (AvgIpc) is 1.90. The molecule has 1 unspecified atom stereocenters. The van der Waals surface area contributed by atoms with Gasteiger partial charge in [0.05, 0.1) is 6.20 Å². The third kappa shape index (κ3) is 2.58. The van der Waals surface area contributed by atoms with Crippen LogP contribution in [0.25, 0.3) is 0 Å². The van der Waals surface area contributed by atoms with Crippen LogP contribution in [0.5, 0.6) is 0 Å². The van der Waals surface area contributed by atoms with Crippen LogP contribution in [0, 0.1) is 0 Å². The van der Waals surface area contributed by atoms with E-state index in [4.69, 9.17) is 0 Å². The first-order chi connectivity index (χ1) is 4.30. The average molecular weight is 150 g/mol. The summed E-state index contributed by atoms with van der Waals surface area (Å²) < 4.78 is 20.2. The van der Waals surface area contributed by atoms with E-state index in [1.807, 2.05) is 0 Å². The molecule has 0 fully saturated rings. The molecular formula is C4H3LiN2O2S. The van der Waals surface area contributed by atoms with Crippen molar-refractivity contribution in [2.24, 2.45) is 0 Å². The molecule has 0 N–H and O–H groups in total. The molecule has 1 heterocycles. The third-order valence-electron chi connectivity index (χ3n) is 0.710. The molecule has 1 aromatic heterocycles. The molecule has 10 heavy (non-hydrogen) atoms. The number of aromatic nitrogens is 2. The Balaban J connectivity index is 0.000000810. The molecule has 1 aromatic rings. The van der Waals surface area contributed by atoms with Gasteiger partial charge in [0.1, 0.15) is 5.03 Å². The number of hydrogen-bond donors (Lipinski definition) is 0. The van der Waals surface area contributed by atoms with E-state index in [2.05, 4.69) is 9.97 Å². The summed E-state index contributed by atoms with van der Waals surface area (Å²) in [4.78, 5) is 7.05. The topological polar surface area (TPSA) is 65.9 Å². The van der Waals surface area contributed by atoms with E-state index in [9.17, 15) is 8.76 Å². The molecule has 0 aliphatic heterocycles. The van der Waals surface area contributed by atoms with Crippen LogP contribution >= 0.6 is 0 Å². The van der Waals surface area contributed by atoms with Crippen molar-refractivity contribution in [1.82, 2.24) is 9.97 Å². The molecule has 0 radical (unpaired) electrons. The van der Waals surface area contributed by atoms with Crippen molar-refractivity contribution in [3.05, 3.63) is 18.6 Å². The number of nitrogens with zero attached hydrogens (tertiary/aromatic N) is 2. The minimum atomic E-state index is -2.25. The smallest absolute Gasteiger partial charge is 0.767 e. The fourth-order valence-corrected chi connectivity index (χ4v) is 0.665. The Morgan fingerprint density at radius 3 is 2.50 bits per heavy atom. The third-order valence-corrected chi connectivity index (χ3v) is 1.26. The van der Waals surface area contributed by atoms with Crippen molar-refractivity contribution in [3.8, 4) is 0 Å². The zero-order valence-corrected chi connectivity index (χ0v) is 6.17. The van der Waals surface area contributed by atoms with Gasteiger partial charge in [0.25, 0.3) is 0 Å². The van der Waals surface area contributed by atoms with Gasteiger partial charge in [-0.05, 0) is 11.1 Å². The van der Waals surface area contributed by atoms with Crippen LogP contribution in [-0.4, -0.2) is 18.7 Å². The predicted molar refractivity (Wildman–Crippen MR) is 29.2 cm³/mol. The van der Waals surface area contributed by atoms with Crippen LogP contribution in [0.2, 0.25) is 0 Å². The van der Waals surface area contributed by atoms with E-state index in [1.54, 1.807) is 0 Å². The van der Waals surface area contributed by atoms with Crippen molar-refractivity contribution < 1.29 is 27.6 Å². The Bertz CT molecular complexity index is 218. The maximum absolute atomic E-state index is 10.1. The summed E-state index contributed by atoms with van der Waals surface area (Å²) in [6, 6.07) is 0. The van der Waals surface area contributed by atoms with Gasteiger partial charge in [-0.15, -0.1) is 0 Å². The van der Waals surface area contributed by atoms with Gasteiger partial charge < -0.3 is 4.55 Å². The molecule has 1 atom stereocenters. The summed E-state index contributed by atoms with van der Waals surface area (Å²) in [5.41, 5.74) is 0. The second-order valence-corrected chi connectivity index (χ2v) is 2.17. The zero-order valence-electron chi connectivity index (χ0n) is 5.35. The number of hydrogen-bond acceptors (Lipinski definition) is 4. The van der Waals surface area contributed by atoms with Gasteiger partial charge in [0, 0.05) is 12.4 Å². The van der Waals surface area contributed by atoms with Crippen molar-refractivity contribution in [1.29, 1.82) is 0 Å². The molecule has 0 aromatic carbocycles. The van der Waals surface area contributed by atoms with E-state index in [-0.39, 0.29) is 23.9 Å². The molecule has 0 spiro atoms. The minimum Gasteiger partial charge on any atom is -0.767 e. The summed E-state index contributed by atoms with van der Waals surface area (Å²) in [6.07, 6.45) is 3.92. The molecule has 4 nitrogen and oxygen atoms in total. The van der Waals surface area contributed by atoms with Gasteiger partial charge in [0.15, 0.2) is 0 Å². The Labute approximate surface area is 72.5 Å². The Hall–Kier alpha value is -0.213. The molecule has 0 aliphatic carbocycles. The minimum absolute atomic E-state index is 0. The second-order valence-electron chi connectivity index (χ2n) is 1.28. The maximum atomic E-state index is 10.1. The van der Waals surface area contributed by atoms with Crippen LogP contribution in [-0.2, 0) is 11.1 Å². The molecule has 0 bridgehead atoms. The van der Waals surface area contributed by atoms with E-state index >= 15 is 0 Å². The molecule has 0 saturated carbocycles. The summed E-state index contributed by atoms with van der Waals surface area (Å²) in [7, 11) is 0. The second kappa shape index (κ2) is 4.58. The molecule has 0 aliphatic rings. The Morgan fingerprint density at radius 1 is 1.50 bits per heavy atom. The monoisotopic (exact) mass is 150 g/mol. The van der Waals surface area contributed by atoms with Gasteiger partial charge in [0.2, 0.25) is 0 Å². The first kappa shape index (κ1) is 9.79. The van der Waals surface area contributed by atoms with Crippen molar-refractivity contribution in [3.63, 3.8) is 0 Å². The summed E-state index contributed by atoms with van der Waals surface area (Å²) in [5.74, 6) is 0. The van der Waals surface area contributed by atoms with Crippen LogP contribution in [0.1, 0.15) is 0 Å². The summed E-state index contributed by atoms with van der Waals surface area (Å²) in [5, 5.41) is -0.0301. The molecule has 48 valence electrons. The molecule has 6 heteroatoms. The van der Waals surface area contributed by atoms with Gasteiger partial charge >= 0.3 is 18.9 Å². The maximum Gasteiger partial charge on any atom is 1.00 e. The Morgan fingerprint density at radius 2 is 2.20 bits per heavy atom. The zero-order chi connectivity index (χ0) is 6.69. The predicted octanol–water partition coefficient (Wildman–Crippen LogP) is -3.28. The molecular weight excluding hydrogens is 147 g/mol. The van der Waals surface area contributed by atoms with Crippen LogP contribution in [0.4, 0.5) is 0 Å². The van der Waals surface area contributed by atoms with Crippen molar-refractivity contribution in [2.75, 3.05) is 0 Å². The fourth-order valence-electron chi connectivity index (χ4n) is 0.371. The van der Waals surface area contributed by atoms with E-state index < -0.39 is 11.1 Å². The van der Waals surface area contributed by atoms with Crippen LogP contribution in [0.3, 0.4) is 0 Å². The SMILES string of the molecule is O=S([O-])c1cnccn1.[Li+]. The van der Waals surface area contributed by atoms with Gasteiger partial charge in [-0.3, -0.25) is 9.19 Å². The van der Waals surface area contributed by atoms with Gasteiger partial charge in [-0.25, -0.2) is 4.98 Å². The van der Waals surface area contributed by atoms with Crippen molar-refractivity contribution in [2.45, 2.75) is 5.03 Å². The molecule has 0 saturated heterocycles. The normalized spacial score (nSPS) is 11.7. The van der Waals surface area contributed by atoms with E-state index in [0.29, 0.717) is 0 Å². The van der Waals surface area contributed by atoms with E-state index in [1.165, 1.54) is 18.6 Å². The number of rotatable bonds is 1. The van der Waals surface area contributed by atoms with E-state index in [0.717, 1.165) is 0 Å². The first-order valence-electron chi connectivity index (χ1n) is 2.16. The Kier molecular flexibility index (Phi) is 4.48. The molecule has 1 rings (SSSR count). The van der Waals surface area contributed by atoms with Crippen LogP contribution in [0.15, 0.2) is 23.6 Å². The summed E-state index contributed by atoms with van der Waals surface area (Å²) >= 11 is -2.25. The molecule has 0 amide bonds. The summed E-state index contributed by atoms with van der Waals surface area (Å²) in [6.45, 7) is 0. The quantitative estimate of drug-likeness (QED) is 0.311. The first-order valence-corrected chi connectivity index (χ1v) is 3.23. The largest absolute Gasteiger partial charge is 1.00 e. The van der Waals surface area contributed by atoms with Crippen LogP contribution < -0.4 is 18.9 Å². The standard InChI is InChI=1S/C4H4N2O2S.Li/c7-9(8)4-3-5-1-2-6-4;/h1-3H,(H,7,8);/q;+1/p-1. The van der Waals surface area contributed by atoms with Gasteiger partial charge in [-0.2, -0.15) is 0 Å².